The molecule has 1 fully saturated rings. The van der Waals surface area contributed by atoms with E-state index in [1.54, 1.807) is 6.21 Å². The second kappa shape index (κ2) is 6.46. The van der Waals surface area contributed by atoms with Gasteiger partial charge in [-0.1, -0.05) is 11.8 Å². The number of thioether (sulfide) groups is 1. The number of nitrogens with one attached hydrogen (secondary N) is 1. The molecule has 1 aromatic carbocycles. The number of fused-ring (bicyclic) bond motifs is 1. The van der Waals surface area contributed by atoms with Crippen LogP contribution in [0.15, 0.2) is 22.3 Å². The maximum atomic E-state index is 11.0. The molecule has 0 saturated carbocycles. The molecule has 6 nitrogen and oxygen atoms in total. The van der Waals surface area contributed by atoms with Crippen LogP contribution >= 0.6 is 23.4 Å². The van der Waals surface area contributed by atoms with Crippen molar-refractivity contribution in [2.75, 3.05) is 12.5 Å². The van der Waals surface area contributed by atoms with Crippen molar-refractivity contribution in [2.45, 2.75) is 12.5 Å². The first-order chi connectivity index (χ1) is 10.3. The van der Waals surface area contributed by atoms with Crippen molar-refractivity contribution in [3.8, 4) is 5.75 Å². The lowest BCUT2D eigenvalue weighted by Gasteiger charge is -2.20. The maximum Gasteiger partial charge on any atom is 0.236 e. The Morgan fingerprint density at radius 3 is 3.14 bits per heavy atom. The third kappa shape index (κ3) is 3.37. The summed E-state index contributed by atoms with van der Waals surface area (Å²) in [4.78, 5) is 11.0. The Hall–Kier alpha value is -1.57. The van der Waals surface area contributed by atoms with E-state index in [1.807, 2.05) is 12.1 Å². The second-order valence-electron chi connectivity index (χ2n) is 4.40. The summed E-state index contributed by atoms with van der Waals surface area (Å²) in [6.07, 6.45) is 1.61. The fourth-order valence-electron chi connectivity index (χ4n) is 2.03. The molecule has 1 N–H and O–H groups in total. The Morgan fingerprint density at radius 1 is 1.48 bits per heavy atom. The summed E-state index contributed by atoms with van der Waals surface area (Å²) in [5, 5.41) is 11.1. The number of hydrogen-bond acceptors (Lipinski definition) is 6. The van der Waals surface area contributed by atoms with Crippen molar-refractivity contribution in [2.24, 2.45) is 10.2 Å². The number of hydrogen-bond donors (Lipinski definition) is 1. The molecule has 3 rings (SSSR count). The largest absolute Gasteiger partial charge is 0.467 e. The van der Waals surface area contributed by atoms with Crippen LogP contribution in [-0.4, -0.2) is 29.8 Å². The van der Waals surface area contributed by atoms with Gasteiger partial charge in [0.15, 0.2) is 12.0 Å². The lowest BCUT2D eigenvalue weighted by Crippen LogP contribution is -2.19. The standard InChI is InChI=1S/C13H12ClN3O3S/c14-3-9-1-8(2-10-5-19-7-20-12(9)10)4-15-17-13-16-11(18)6-21-13/h1-2,4H,3,5-7H2,(H,16,17,18). The molecule has 2 aliphatic heterocycles. The van der Waals surface area contributed by atoms with Crippen LogP contribution < -0.4 is 10.1 Å². The molecule has 1 amide bonds. The van der Waals surface area contributed by atoms with Gasteiger partial charge in [0.1, 0.15) is 5.75 Å². The first-order valence-corrected chi connectivity index (χ1v) is 7.74. The molecular weight excluding hydrogens is 314 g/mol. The molecule has 1 saturated heterocycles. The molecule has 1 aromatic rings. The van der Waals surface area contributed by atoms with E-state index < -0.39 is 0 Å². The summed E-state index contributed by atoms with van der Waals surface area (Å²) < 4.78 is 10.7. The fraction of sp³-hybridized carbons (Fsp3) is 0.308. The van der Waals surface area contributed by atoms with Crippen LogP contribution in [0.2, 0.25) is 0 Å². The summed E-state index contributed by atoms with van der Waals surface area (Å²) in [7, 11) is 0. The first kappa shape index (κ1) is 14.4. The van der Waals surface area contributed by atoms with Crippen LogP contribution in [0.1, 0.15) is 16.7 Å². The van der Waals surface area contributed by atoms with Crippen molar-refractivity contribution in [3.05, 3.63) is 28.8 Å². The number of halogens is 1. The predicted molar refractivity (Wildman–Crippen MR) is 81.9 cm³/mol. The lowest BCUT2D eigenvalue weighted by molar-refractivity contribution is -0.116. The lowest BCUT2D eigenvalue weighted by atomic mass is 10.1. The smallest absolute Gasteiger partial charge is 0.236 e. The van der Waals surface area contributed by atoms with Gasteiger partial charge in [-0.05, 0) is 17.7 Å². The fourth-order valence-corrected chi connectivity index (χ4v) is 2.86. The van der Waals surface area contributed by atoms with E-state index in [0.29, 0.717) is 23.4 Å². The number of carbonyl (C=O) groups excluding carboxylic acids is 1. The minimum Gasteiger partial charge on any atom is -0.467 e. The SMILES string of the molecule is O=C1CSC(=NN=Cc2cc(CCl)c3c(c2)COCO3)N1. The van der Waals surface area contributed by atoms with Gasteiger partial charge in [0.05, 0.1) is 24.5 Å². The minimum absolute atomic E-state index is 0.0542. The van der Waals surface area contributed by atoms with E-state index in [1.165, 1.54) is 11.8 Å². The van der Waals surface area contributed by atoms with Gasteiger partial charge in [0, 0.05) is 11.1 Å². The molecule has 2 heterocycles. The van der Waals surface area contributed by atoms with Gasteiger partial charge in [-0.25, -0.2) is 0 Å². The van der Waals surface area contributed by atoms with Gasteiger partial charge in [0.25, 0.3) is 0 Å². The third-order valence-corrected chi connectivity index (χ3v) is 4.05. The van der Waals surface area contributed by atoms with E-state index in [-0.39, 0.29) is 12.7 Å². The molecule has 2 aliphatic rings. The molecule has 0 bridgehead atoms. The topological polar surface area (TPSA) is 72.3 Å². The average molecular weight is 326 g/mol. The number of alkyl halides is 1. The normalized spacial score (nSPS) is 19.7. The summed E-state index contributed by atoms with van der Waals surface area (Å²) in [6, 6.07) is 3.83. The zero-order valence-corrected chi connectivity index (χ0v) is 12.5. The Morgan fingerprint density at radius 2 is 2.38 bits per heavy atom. The zero-order valence-electron chi connectivity index (χ0n) is 11.0. The Balaban J connectivity index is 1.80. The van der Waals surface area contributed by atoms with Gasteiger partial charge >= 0.3 is 0 Å². The second-order valence-corrected chi connectivity index (χ2v) is 5.63. The predicted octanol–water partition coefficient (Wildman–Crippen LogP) is 1.84. The molecular formula is C13H12ClN3O3S. The number of nitrogens with zero attached hydrogens (tertiary/aromatic N) is 2. The molecule has 0 aromatic heterocycles. The monoisotopic (exact) mass is 325 g/mol. The molecule has 0 aliphatic carbocycles. The van der Waals surface area contributed by atoms with Crippen molar-refractivity contribution in [1.82, 2.24) is 5.32 Å². The van der Waals surface area contributed by atoms with Crippen LogP contribution in [-0.2, 0) is 22.0 Å². The number of ether oxygens (including phenoxy) is 2. The maximum absolute atomic E-state index is 11.0. The number of benzene rings is 1. The average Bonchev–Trinajstić information content (AvgIpc) is 2.92. The molecule has 110 valence electrons. The van der Waals surface area contributed by atoms with Crippen molar-refractivity contribution >= 4 is 40.7 Å². The van der Waals surface area contributed by atoms with Crippen molar-refractivity contribution in [1.29, 1.82) is 0 Å². The summed E-state index contributed by atoms with van der Waals surface area (Å²) in [5.41, 5.74) is 2.70. The molecule has 0 atom stereocenters. The summed E-state index contributed by atoms with van der Waals surface area (Å²) in [5.74, 6) is 1.47. The third-order valence-electron chi connectivity index (χ3n) is 2.89. The Kier molecular flexibility index (Phi) is 4.42. The van der Waals surface area contributed by atoms with Crippen LogP contribution in [0, 0.1) is 0 Å². The first-order valence-electron chi connectivity index (χ1n) is 6.22. The number of rotatable bonds is 3. The number of carbonyl (C=O) groups is 1. The highest BCUT2D eigenvalue weighted by Gasteiger charge is 2.17. The molecule has 0 radical (unpaired) electrons. The van der Waals surface area contributed by atoms with E-state index in [9.17, 15) is 4.79 Å². The number of amides is 1. The van der Waals surface area contributed by atoms with Crippen molar-refractivity contribution < 1.29 is 14.3 Å². The highest BCUT2D eigenvalue weighted by Crippen LogP contribution is 2.30. The minimum atomic E-state index is -0.0542. The van der Waals surface area contributed by atoms with Gasteiger partial charge in [-0.15, -0.1) is 16.7 Å². The molecule has 0 spiro atoms. The van der Waals surface area contributed by atoms with Gasteiger partial charge in [-0.3, -0.25) is 4.79 Å². The van der Waals surface area contributed by atoms with E-state index in [4.69, 9.17) is 21.1 Å². The van der Waals surface area contributed by atoms with Crippen LogP contribution in [0.4, 0.5) is 0 Å². The highest BCUT2D eigenvalue weighted by atomic mass is 35.5. The molecule has 21 heavy (non-hydrogen) atoms. The highest BCUT2D eigenvalue weighted by molar-refractivity contribution is 8.15. The molecule has 8 heteroatoms. The van der Waals surface area contributed by atoms with Crippen molar-refractivity contribution in [3.63, 3.8) is 0 Å². The number of amidine groups is 1. The van der Waals surface area contributed by atoms with Crippen LogP contribution in [0.5, 0.6) is 5.75 Å². The van der Waals surface area contributed by atoms with Gasteiger partial charge in [0.2, 0.25) is 5.91 Å². The Labute approximate surface area is 130 Å². The van der Waals surface area contributed by atoms with Crippen LogP contribution in [0.25, 0.3) is 0 Å². The van der Waals surface area contributed by atoms with Gasteiger partial charge < -0.3 is 14.8 Å². The van der Waals surface area contributed by atoms with E-state index in [2.05, 4.69) is 15.5 Å². The van der Waals surface area contributed by atoms with Gasteiger partial charge in [-0.2, -0.15) is 5.10 Å². The summed E-state index contributed by atoms with van der Waals surface area (Å²) in [6.45, 7) is 0.732. The Bertz CT molecular complexity index is 616. The molecule has 0 unspecified atom stereocenters. The zero-order chi connectivity index (χ0) is 14.7. The summed E-state index contributed by atoms with van der Waals surface area (Å²) >= 11 is 7.28. The van der Waals surface area contributed by atoms with E-state index >= 15 is 0 Å². The van der Waals surface area contributed by atoms with Crippen LogP contribution in [0.3, 0.4) is 0 Å². The van der Waals surface area contributed by atoms with E-state index in [0.717, 1.165) is 22.4 Å². The quantitative estimate of drug-likeness (QED) is 0.523.